The van der Waals surface area contributed by atoms with E-state index in [1.165, 1.54) is 81.4 Å². The molecule has 0 unspecified atom stereocenters. The average Bonchev–Trinajstić information content (AvgIpc) is 3.01. The monoisotopic (exact) mass is 598 g/mol. The van der Waals surface area contributed by atoms with E-state index >= 15 is 0 Å². The molecule has 2 aliphatic carbocycles. The fraction of sp³-hybridized carbons (Fsp3) is 0.525. The maximum absolute atomic E-state index is 11.0. The lowest BCUT2D eigenvalue weighted by Crippen LogP contribution is -2.14. The number of carbonyl (C=O) groups is 1. The molecule has 44 heavy (non-hydrogen) atoms. The van der Waals surface area contributed by atoms with Gasteiger partial charge in [-0.25, -0.2) is 4.79 Å². The van der Waals surface area contributed by atoms with Crippen molar-refractivity contribution in [1.29, 1.82) is 0 Å². The highest BCUT2D eigenvalue weighted by molar-refractivity contribution is 5.81. The van der Waals surface area contributed by atoms with Crippen LogP contribution >= 0.6 is 0 Å². The van der Waals surface area contributed by atoms with E-state index in [-0.39, 0.29) is 5.97 Å². The van der Waals surface area contributed by atoms with E-state index in [1.54, 1.807) is 0 Å². The first-order chi connectivity index (χ1) is 21.5. The first-order valence-electron chi connectivity index (χ1n) is 17.0. The predicted molar refractivity (Wildman–Crippen MR) is 183 cm³/mol. The van der Waals surface area contributed by atoms with Crippen LogP contribution < -0.4 is 9.47 Å². The Kier molecular flexibility index (Phi) is 16.3. The van der Waals surface area contributed by atoms with E-state index in [0.717, 1.165) is 55.1 Å². The molecule has 0 aromatic heterocycles. The van der Waals surface area contributed by atoms with Gasteiger partial charge in [-0.05, 0) is 118 Å². The molecule has 2 aliphatic rings. The van der Waals surface area contributed by atoms with Crippen LogP contribution in [-0.2, 0) is 16.0 Å². The van der Waals surface area contributed by atoms with Crippen LogP contribution in [-0.4, -0.2) is 19.2 Å². The Morgan fingerprint density at radius 2 is 1.57 bits per heavy atom. The van der Waals surface area contributed by atoms with E-state index in [0.29, 0.717) is 24.9 Å². The molecule has 0 bridgehead atoms. The van der Waals surface area contributed by atoms with Gasteiger partial charge in [-0.1, -0.05) is 70.6 Å². The Hall–Kier alpha value is -3.45. The van der Waals surface area contributed by atoms with E-state index in [1.807, 2.05) is 31.2 Å². The molecule has 0 N–H and O–H groups in total. The fourth-order valence-electron chi connectivity index (χ4n) is 5.72. The largest absolute Gasteiger partial charge is 0.494 e. The second-order valence-corrected chi connectivity index (χ2v) is 12.1. The van der Waals surface area contributed by atoms with Crippen LogP contribution in [0.1, 0.15) is 126 Å². The standard InChI is InChI=1S/C36H46O4.C4H8/c1-5-8-14-32-27-34(23-24-35(32)31-17-15-29(13-6-2)16-18-31)40-28(4)30-19-21-33(22-20-30)38-25-11-9-10-12-26-39-36(37)7-3;1-2-4-3-1/h7,19-24,27,29,31H,3-4,6,9-18,25-26H2,1-2H3;1-4H2. The van der Waals surface area contributed by atoms with Crippen LogP contribution in [0.3, 0.4) is 0 Å². The number of unbranched alkanes of at least 4 members (excludes halogenated alkanes) is 3. The molecule has 0 aliphatic heterocycles. The van der Waals surface area contributed by atoms with E-state index in [9.17, 15) is 4.79 Å². The van der Waals surface area contributed by atoms with Crippen molar-refractivity contribution < 1.29 is 19.0 Å². The topological polar surface area (TPSA) is 44.8 Å². The van der Waals surface area contributed by atoms with Gasteiger partial charge >= 0.3 is 5.97 Å². The van der Waals surface area contributed by atoms with Crippen molar-refractivity contribution in [1.82, 2.24) is 0 Å². The number of ether oxygens (including phenoxy) is 3. The SMILES string of the molecule is C1CCC1.C=CC(=O)OCCCCCCOc1ccc(C(=C)Oc2ccc(C3CCC(CCC)CC3)c(CC#CC)c2)cc1. The first kappa shape index (κ1) is 35.0. The lowest BCUT2D eigenvalue weighted by Gasteiger charge is -2.30. The van der Waals surface area contributed by atoms with Crippen molar-refractivity contribution in [2.45, 2.75) is 116 Å². The maximum atomic E-state index is 11.0. The molecule has 238 valence electrons. The number of carbonyl (C=O) groups excluding carboxylic acids is 1. The number of rotatable bonds is 16. The summed E-state index contributed by atoms with van der Waals surface area (Å²) in [6.45, 7) is 12.9. The van der Waals surface area contributed by atoms with Crippen LogP contribution in [0.2, 0.25) is 0 Å². The Labute approximate surface area is 267 Å². The summed E-state index contributed by atoms with van der Waals surface area (Å²) >= 11 is 0. The van der Waals surface area contributed by atoms with Gasteiger partial charge < -0.3 is 14.2 Å². The fourth-order valence-corrected chi connectivity index (χ4v) is 5.72. The van der Waals surface area contributed by atoms with Gasteiger partial charge in [-0.3, -0.25) is 0 Å². The molecule has 2 aromatic rings. The molecule has 0 spiro atoms. The lowest BCUT2D eigenvalue weighted by molar-refractivity contribution is -0.137. The summed E-state index contributed by atoms with van der Waals surface area (Å²) in [6, 6.07) is 14.4. The number of hydrogen-bond acceptors (Lipinski definition) is 4. The summed E-state index contributed by atoms with van der Waals surface area (Å²) in [4.78, 5) is 11.0. The Morgan fingerprint density at radius 1 is 0.909 bits per heavy atom. The molecule has 0 saturated heterocycles. The second-order valence-electron chi connectivity index (χ2n) is 12.1. The van der Waals surface area contributed by atoms with E-state index in [4.69, 9.17) is 14.2 Å². The van der Waals surface area contributed by atoms with Crippen LogP contribution in [0.25, 0.3) is 5.76 Å². The zero-order chi connectivity index (χ0) is 31.4. The van der Waals surface area contributed by atoms with Crippen LogP contribution in [0.15, 0.2) is 61.7 Å². The number of hydrogen-bond donors (Lipinski definition) is 0. The van der Waals surface area contributed by atoms with E-state index in [2.05, 4.69) is 50.1 Å². The zero-order valence-electron chi connectivity index (χ0n) is 27.3. The summed E-state index contributed by atoms with van der Waals surface area (Å²) in [5, 5.41) is 0. The van der Waals surface area contributed by atoms with Gasteiger partial charge in [0.25, 0.3) is 0 Å². The highest BCUT2D eigenvalue weighted by atomic mass is 16.5. The predicted octanol–water partition coefficient (Wildman–Crippen LogP) is 10.6. The zero-order valence-corrected chi connectivity index (χ0v) is 27.3. The molecule has 0 atom stereocenters. The summed E-state index contributed by atoms with van der Waals surface area (Å²) < 4.78 is 17.1. The molecule has 4 rings (SSSR count). The van der Waals surface area contributed by atoms with Crippen molar-refractivity contribution in [3.8, 4) is 23.3 Å². The van der Waals surface area contributed by atoms with Crippen molar-refractivity contribution in [3.63, 3.8) is 0 Å². The van der Waals surface area contributed by atoms with Gasteiger partial charge in [-0.2, -0.15) is 0 Å². The number of esters is 1. The van der Waals surface area contributed by atoms with Gasteiger partial charge in [0.1, 0.15) is 17.3 Å². The van der Waals surface area contributed by atoms with Gasteiger partial charge in [0.05, 0.1) is 13.2 Å². The van der Waals surface area contributed by atoms with Crippen molar-refractivity contribution >= 4 is 11.7 Å². The third kappa shape index (κ3) is 12.7. The Bertz CT molecular complexity index is 1200. The summed E-state index contributed by atoms with van der Waals surface area (Å²) in [5.74, 6) is 9.73. The molecule has 4 heteroatoms. The molecule has 2 aromatic carbocycles. The maximum Gasteiger partial charge on any atom is 0.330 e. The molecular formula is C40H54O4. The summed E-state index contributed by atoms with van der Waals surface area (Å²) in [6.07, 6.45) is 19.6. The van der Waals surface area contributed by atoms with Gasteiger partial charge in [0.2, 0.25) is 0 Å². The molecule has 0 radical (unpaired) electrons. The molecule has 2 saturated carbocycles. The van der Waals surface area contributed by atoms with Gasteiger partial charge in [0.15, 0.2) is 0 Å². The van der Waals surface area contributed by atoms with Crippen molar-refractivity contribution in [2.24, 2.45) is 5.92 Å². The minimum absolute atomic E-state index is 0.362. The van der Waals surface area contributed by atoms with E-state index < -0.39 is 0 Å². The van der Waals surface area contributed by atoms with Crippen molar-refractivity contribution in [3.05, 3.63) is 78.4 Å². The third-order valence-electron chi connectivity index (χ3n) is 8.69. The minimum Gasteiger partial charge on any atom is -0.494 e. The molecule has 0 heterocycles. The van der Waals surface area contributed by atoms with Crippen LogP contribution in [0.5, 0.6) is 11.5 Å². The lowest BCUT2D eigenvalue weighted by atomic mass is 9.76. The smallest absolute Gasteiger partial charge is 0.330 e. The summed E-state index contributed by atoms with van der Waals surface area (Å²) in [7, 11) is 0. The third-order valence-corrected chi connectivity index (χ3v) is 8.69. The highest BCUT2D eigenvalue weighted by Crippen LogP contribution is 2.40. The van der Waals surface area contributed by atoms with Gasteiger partial charge in [-0.15, -0.1) is 5.92 Å². The molecule has 2 fully saturated rings. The number of benzene rings is 2. The second kappa shape index (κ2) is 20.5. The first-order valence-corrected chi connectivity index (χ1v) is 17.0. The molecular weight excluding hydrogens is 544 g/mol. The van der Waals surface area contributed by atoms with Gasteiger partial charge in [0, 0.05) is 18.1 Å². The average molecular weight is 599 g/mol. The molecule has 4 nitrogen and oxygen atoms in total. The minimum atomic E-state index is -0.362. The Balaban J connectivity index is 0.00000122. The summed E-state index contributed by atoms with van der Waals surface area (Å²) in [5.41, 5.74) is 3.64. The highest BCUT2D eigenvalue weighted by Gasteiger charge is 2.23. The van der Waals surface area contributed by atoms with Crippen LogP contribution in [0, 0.1) is 17.8 Å². The normalized spacial score (nSPS) is 17.0. The molecule has 0 amide bonds. The Morgan fingerprint density at radius 3 is 2.18 bits per heavy atom. The quantitative estimate of drug-likeness (QED) is 0.0634. The van der Waals surface area contributed by atoms with Crippen LogP contribution in [0.4, 0.5) is 0 Å². The van der Waals surface area contributed by atoms with Crippen molar-refractivity contribution in [2.75, 3.05) is 13.2 Å².